The molecular weight excluding hydrogens is 356 g/mol. The van der Waals surface area contributed by atoms with Crippen LogP contribution in [0.15, 0.2) is 34.0 Å². The molecule has 0 aliphatic carbocycles. The molecule has 0 saturated carbocycles. The number of hydrogen-bond acceptors (Lipinski definition) is 4. The minimum absolute atomic E-state index is 0.0572. The monoisotopic (exact) mass is 364 g/mol. The summed E-state index contributed by atoms with van der Waals surface area (Å²) in [5.41, 5.74) is 5.89. The zero-order valence-corrected chi connectivity index (χ0v) is 12.9. The van der Waals surface area contributed by atoms with E-state index in [0.29, 0.717) is 15.2 Å². The Morgan fingerprint density at radius 1 is 1.47 bits per heavy atom. The Hall–Kier alpha value is -1.25. The van der Waals surface area contributed by atoms with Gasteiger partial charge in [-0.15, -0.1) is 0 Å². The normalized spacial score (nSPS) is 11.5. The lowest BCUT2D eigenvalue weighted by molar-refractivity contribution is 0.592. The molecule has 0 fully saturated rings. The van der Waals surface area contributed by atoms with Crippen LogP contribution in [0, 0.1) is 0 Å². The number of rotatable bonds is 3. The summed E-state index contributed by atoms with van der Waals surface area (Å²) in [6, 6.07) is 4.72. The number of benzene rings is 1. The summed E-state index contributed by atoms with van der Waals surface area (Å²) in [5, 5.41) is 0.310. The molecule has 0 radical (unpaired) electrons. The highest BCUT2D eigenvalue weighted by molar-refractivity contribution is 9.10. The first-order valence-electron chi connectivity index (χ1n) is 5.06. The molecule has 0 spiro atoms. The first-order valence-corrected chi connectivity index (χ1v) is 7.71. The van der Waals surface area contributed by atoms with Crippen molar-refractivity contribution < 1.29 is 8.42 Å². The van der Waals surface area contributed by atoms with Gasteiger partial charge in [-0.3, -0.25) is 4.72 Å². The fourth-order valence-corrected chi connectivity index (χ4v) is 3.24. The van der Waals surface area contributed by atoms with E-state index < -0.39 is 10.0 Å². The average Bonchev–Trinajstić information content (AvgIpc) is 2.64. The molecule has 2 aromatic rings. The van der Waals surface area contributed by atoms with E-state index >= 15 is 0 Å². The largest absolute Gasteiger partial charge is 0.381 e. The number of aromatic nitrogens is 2. The van der Waals surface area contributed by atoms with Crippen molar-refractivity contribution in [3.63, 3.8) is 0 Å². The SMILES string of the molecule is Cn1cnc(N)c1S(=O)(=O)Nc1ccc(Br)c(Cl)c1. The highest BCUT2D eigenvalue weighted by Crippen LogP contribution is 2.27. The number of nitrogens with two attached hydrogens (primary N) is 1. The first kappa shape index (κ1) is 14.2. The van der Waals surface area contributed by atoms with Gasteiger partial charge in [0.1, 0.15) is 0 Å². The van der Waals surface area contributed by atoms with Gasteiger partial charge in [-0.25, -0.2) is 4.98 Å². The molecule has 19 heavy (non-hydrogen) atoms. The summed E-state index contributed by atoms with van der Waals surface area (Å²) in [6.07, 6.45) is 1.33. The minimum atomic E-state index is -3.81. The second kappa shape index (κ2) is 5.03. The number of halogens is 2. The molecule has 0 aliphatic heterocycles. The van der Waals surface area contributed by atoms with Crippen LogP contribution in [-0.2, 0) is 17.1 Å². The van der Waals surface area contributed by atoms with Crippen LogP contribution in [0.1, 0.15) is 0 Å². The predicted molar refractivity (Wildman–Crippen MR) is 77.6 cm³/mol. The minimum Gasteiger partial charge on any atom is -0.381 e. The summed E-state index contributed by atoms with van der Waals surface area (Å²) >= 11 is 9.13. The Bertz CT molecular complexity index is 710. The number of nitrogens with zero attached hydrogens (tertiary/aromatic N) is 2. The summed E-state index contributed by atoms with van der Waals surface area (Å²) < 4.78 is 28.8. The molecule has 0 amide bonds. The van der Waals surface area contributed by atoms with Crippen LogP contribution in [0.2, 0.25) is 5.02 Å². The standard InChI is InChI=1S/C10H10BrClN4O2S/c1-16-5-14-9(13)10(16)19(17,18)15-6-2-3-7(11)8(12)4-6/h2-5,15H,13H2,1H3. The van der Waals surface area contributed by atoms with Crippen molar-refractivity contribution in [3.8, 4) is 0 Å². The number of nitrogens with one attached hydrogen (secondary N) is 1. The molecule has 102 valence electrons. The third kappa shape index (κ3) is 2.85. The fourth-order valence-electron chi connectivity index (χ4n) is 1.53. The average molecular weight is 366 g/mol. The van der Waals surface area contributed by atoms with E-state index in [4.69, 9.17) is 17.3 Å². The molecule has 0 atom stereocenters. The number of aryl methyl sites for hydroxylation is 1. The molecule has 9 heteroatoms. The Morgan fingerprint density at radius 2 is 2.16 bits per heavy atom. The van der Waals surface area contributed by atoms with Crippen LogP contribution in [-0.4, -0.2) is 18.0 Å². The van der Waals surface area contributed by atoms with E-state index in [1.165, 1.54) is 17.0 Å². The molecular formula is C10H10BrClN4O2S. The number of hydrogen-bond donors (Lipinski definition) is 2. The number of sulfonamides is 1. The Labute approximate surface area is 123 Å². The van der Waals surface area contributed by atoms with Gasteiger partial charge in [0, 0.05) is 11.5 Å². The van der Waals surface area contributed by atoms with E-state index in [1.807, 2.05) is 0 Å². The predicted octanol–water partition coefficient (Wildman–Crippen LogP) is 2.22. The second-order valence-electron chi connectivity index (χ2n) is 3.78. The van der Waals surface area contributed by atoms with Crippen LogP contribution in [0.4, 0.5) is 11.5 Å². The third-order valence-electron chi connectivity index (χ3n) is 2.34. The maximum absolute atomic E-state index is 12.2. The van der Waals surface area contributed by atoms with Gasteiger partial charge in [0.25, 0.3) is 10.0 Å². The van der Waals surface area contributed by atoms with Gasteiger partial charge in [0.2, 0.25) is 0 Å². The summed E-state index contributed by atoms with van der Waals surface area (Å²) in [6.45, 7) is 0. The van der Waals surface area contributed by atoms with Gasteiger partial charge < -0.3 is 10.3 Å². The van der Waals surface area contributed by atoms with E-state index in [2.05, 4.69) is 25.6 Å². The number of nitrogen functional groups attached to an aromatic ring is 1. The summed E-state index contributed by atoms with van der Waals surface area (Å²) in [7, 11) is -2.26. The quantitative estimate of drug-likeness (QED) is 0.872. The Balaban J connectivity index is 2.39. The van der Waals surface area contributed by atoms with Crippen LogP contribution in [0.5, 0.6) is 0 Å². The zero-order chi connectivity index (χ0) is 14.2. The van der Waals surface area contributed by atoms with Crippen LogP contribution < -0.4 is 10.5 Å². The van der Waals surface area contributed by atoms with Crippen LogP contribution in [0.3, 0.4) is 0 Å². The van der Waals surface area contributed by atoms with Crippen molar-refractivity contribution in [2.45, 2.75) is 5.03 Å². The van der Waals surface area contributed by atoms with Gasteiger partial charge in [-0.05, 0) is 34.1 Å². The van der Waals surface area contributed by atoms with Gasteiger partial charge >= 0.3 is 0 Å². The maximum atomic E-state index is 12.2. The molecule has 1 heterocycles. The molecule has 1 aromatic carbocycles. The molecule has 0 saturated heterocycles. The molecule has 0 bridgehead atoms. The van der Waals surface area contributed by atoms with E-state index in [9.17, 15) is 8.42 Å². The fraction of sp³-hybridized carbons (Fsp3) is 0.100. The van der Waals surface area contributed by atoms with Gasteiger partial charge in [0.05, 0.1) is 17.0 Å². The lowest BCUT2D eigenvalue weighted by Crippen LogP contribution is -2.17. The molecule has 0 unspecified atom stereocenters. The van der Waals surface area contributed by atoms with Crippen LogP contribution in [0.25, 0.3) is 0 Å². The summed E-state index contributed by atoms with van der Waals surface area (Å²) in [5.74, 6) is -0.0572. The van der Waals surface area contributed by atoms with Gasteiger partial charge in [0.15, 0.2) is 10.8 Å². The van der Waals surface area contributed by atoms with Crippen molar-refractivity contribution in [2.24, 2.45) is 7.05 Å². The number of imidazole rings is 1. The van der Waals surface area contributed by atoms with Crippen molar-refractivity contribution in [1.82, 2.24) is 9.55 Å². The lowest BCUT2D eigenvalue weighted by atomic mass is 10.3. The Morgan fingerprint density at radius 3 is 2.68 bits per heavy atom. The van der Waals surface area contributed by atoms with Crippen molar-refractivity contribution in [3.05, 3.63) is 34.0 Å². The zero-order valence-electron chi connectivity index (χ0n) is 9.76. The highest BCUT2D eigenvalue weighted by Gasteiger charge is 2.22. The topological polar surface area (TPSA) is 90.0 Å². The molecule has 6 nitrogen and oxygen atoms in total. The van der Waals surface area contributed by atoms with E-state index in [-0.39, 0.29) is 10.8 Å². The van der Waals surface area contributed by atoms with Crippen molar-refractivity contribution in [1.29, 1.82) is 0 Å². The summed E-state index contributed by atoms with van der Waals surface area (Å²) in [4.78, 5) is 3.74. The molecule has 2 rings (SSSR count). The second-order valence-corrected chi connectivity index (χ2v) is 6.64. The van der Waals surface area contributed by atoms with Crippen LogP contribution >= 0.6 is 27.5 Å². The molecule has 3 N–H and O–H groups in total. The van der Waals surface area contributed by atoms with Gasteiger partial charge in [-0.1, -0.05) is 11.6 Å². The smallest absolute Gasteiger partial charge is 0.281 e. The molecule has 1 aromatic heterocycles. The Kier molecular flexibility index (Phi) is 3.75. The number of anilines is 2. The molecule has 0 aliphatic rings. The van der Waals surface area contributed by atoms with Gasteiger partial charge in [-0.2, -0.15) is 8.42 Å². The highest BCUT2D eigenvalue weighted by atomic mass is 79.9. The van der Waals surface area contributed by atoms with E-state index in [0.717, 1.165) is 0 Å². The third-order valence-corrected chi connectivity index (χ3v) is 5.08. The van der Waals surface area contributed by atoms with E-state index in [1.54, 1.807) is 19.2 Å². The first-order chi connectivity index (χ1) is 8.81. The van der Waals surface area contributed by atoms with Crippen molar-refractivity contribution >= 4 is 49.1 Å². The lowest BCUT2D eigenvalue weighted by Gasteiger charge is -2.09. The maximum Gasteiger partial charge on any atom is 0.281 e. The van der Waals surface area contributed by atoms with Crippen molar-refractivity contribution in [2.75, 3.05) is 10.5 Å².